The zero-order chi connectivity index (χ0) is 9.47. The molecule has 3 heteroatoms. The minimum Gasteiger partial charge on any atom is -0.402 e. The van der Waals surface area contributed by atoms with E-state index in [2.05, 4.69) is 11.9 Å². The molecule has 72 valence electrons. The van der Waals surface area contributed by atoms with Crippen LogP contribution in [0.25, 0.3) is 0 Å². The zero-order valence-electron chi connectivity index (χ0n) is 8.38. The summed E-state index contributed by atoms with van der Waals surface area (Å²) in [5.74, 6) is 0. The molecule has 0 radical (unpaired) electrons. The van der Waals surface area contributed by atoms with Crippen molar-refractivity contribution >= 4 is 5.71 Å². The van der Waals surface area contributed by atoms with Crippen LogP contribution in [0.4, 0.5) is 0 Å². The van der Waals surface area contributed by atoms with Gasteiger partial charge >= 0.3 is 0 Å². The third-order valence-electron chi connectivity index (χ3n) is 2.60. The number of rotatable bonds is 1. The maximum Gasteiger partial charge on any atom is 0.0740 e. The quantitative estimate of drug-likeness (QED) is 0.646. The van der Waals surface area contributed by atoms with Crippen LogP contribution in [0.1, 0.15) is 19.8 Å². The van der Waals surface area contributed by atoms with E-state index >= 15 is 0 Å². The minimum absolute atomic E-state index is 0.272. The molecular weight excluding hydrogens is 162 g/mol. The van der Waals surface area contributed by atoms with Gasteiger partial charge in [-0.1, -0.05) is 0 Å². The predicted octanol–water partition coefficient (Wildman–Crippen LogP) is 0.768. The molecule has 1 spiro atoms. The lowest BCUT2D eigenvalue weighted by Crippen LogP contribution is -2.39. The number of likely N-dealkylation sites (N-methyl/N-ethyl adjacent to an activating group) is 1. The van der Waals surface area contributed by atoms with Crippen LogP contribution in [0.2, 0.25) is 0 Å². The van der Waals surface area contributed by atoms with Crippen LogP contribution in [-0.2, 0) is 0 Å². The molecule has 2 N–H and O–H groups in total. The van der Waals surface area contributed by atoms with E-state index in [9.17, 15) is 0 Å². The van der Waals surface area contributed by atoms with E-state index < -0.39 is 0 Å². The number of hydrogen-bond acceptors (Lipinski definition) is 3. The number of allylic oxidation sites excluding steroid dienone is 1. The molecule has 0 amide bonds. The Labute approximate surface area is 79.3 Å². The lowest BCUT2D eigenvalue weighted by molar-refractivity contribution is 0.325. The van der Waals surface area contributed by atoms with Crippen molar-refractivity contribution in [2.75, 3.05) is 20.1 Å². The van der Waals surface area contributed by atoms with Gasteiger partial charge in [-0.2, -0.15) is 0 Å². The van der Waals surface area contributed by atoms with E-state index in [4.69, 9.17) is 10.7 Å². The zero-order valence-corrected chi connectivity index (χ0v) is 8.38. The van der Waals surface area contributed by atoms with Crippen molar-refractivity contribution in [1.29, 1.82) is 0 Å². The van der Waals surface area contributed by atoms with Crippen LogP contribution in [0.3, 0.4) is 0 Å². The molecule has 1 heterocycles. The molecule has 2 rings (SSSR count). The fraction of sp³-hybridized carbons (Fsp3) is 0.700. The standard InChI is InChI=1S/C10H17N3/c1-8(11)5-9-6-13(2)7-10(12-9)3-4-10/h5H,3-4,6-7,11H2,1-2H3/b8-5-. The molecular formula is C10H17N3. The van der Waals surface area contributed by atoms with Gasteiger partial charge in [-0.15, -0.1) is 0 Å². The Hall–Kier alpha value is -0.830. The van der Waals surface area contributed by atoms with Crippen LogP contribution < -0.4 is 5.73 Å². The van der Waals surface area contributed by atoms with Crippen molar-refractivity contribution in [3.05, 3.63) is 11.8 Å². The highest BCUT2D eigenvalue weighted by molar-refractivity contribution is 5.98. The van der Waals surface area contributed by atoms with Gasteiger partial charge in [0.2, 0.25) is 0 Å². The molecule has 0 unspecified atom stereocenters. The highest BCUT2D eigenvalue weighted by Crippen LogP contribution is 2.42. The fourth-order valence-electron chi connectivity index (χ4n) is 1.97. The first-order valence-electron chi connectivity index (χ1n) is 4.81. The van der Waals surface area contributed by atoms with Gasteiger partial charge in [0, 0.05) is 18.8 Å². The van der Waals surface area contributed by atoms with E-state index in [1.165, 1.54) is 12.8 Å². The maximum absolute atomic E-state index is 5.64. The fourth-order valence-corrected chi connectivity index (χ4v) is 1.97. The molecule has 0 aromatic carbocycles. The highest BCUT2D eigenvalue weighted by atomic mass is 15.2. The SMILES string of the molecule is C/C(N)=C/C1=NC2(CC2)CN(C)C1. The molecule has 0 atom stereocenters. The second-order valence-electron chi connectivity index (χ2n) is 4.39. The molecule has 0 saturated heterocycles. The lowest BCUT2D eigenvalue weighted by atomic mass is 10.1. The summed E-state index contributed by atoms with van der Waals surface area (Å²) >= 11 is 0. The largest absolute Gasteiger partial charge is 0.402 e. The predicted molar refractivity (Wildman–Crippen MR) is 54.8 cm³/mol. The Balaban J connectivity index is 2.18. The molecule has 0 aromatic heterocycles. The summed E-state index contributed by atoms with van der Waals surface area (Å²) in [5.41, 5.74) is 7.91. The van der Waals surface area contributed by atoms with Crippen molar-refractivity contribution in [2.45, 2.75) is 25.3 Å². The summed E-state index contributed by atoms with van der Waals surface area (Å²) in [7, 11) is 2.15. The van der Waals surface area contributed by atoms with E-state index in [-0.39, 0.29) is 5.54 Å². The lowest BCUT2D eigenvalue weighted by Gasteiger charge is -2.27. The van der Waals surface area contributed by atoms with Crippen molar-refractivity contribution in [3.63, 3.8) is 0 Å². The Morgan fingerprint density at radius 2 is 2.31 bits per heavy atom. The molecule has 0 bridgehead atoms. The van der Waals surface area contributed by atoms with E-state index in [1.54, 1.807) is 0 Å². The van der Waals surface area contributed by atoms with Gasteiger partial charge in [-0.25, -0.2) is 0 Å². The normalized spacial score (nSPS) is 27.5. The summed E-state index contributed by atoms with van der Waals surface area (Å²) in [6.07, 6.45) is 4.49. The summed E-state index contributed by atoms with van der Waals surface area (Å²) in [4.78, 5) is 7.06. The average Bonchev–Trinajstić information content (AvgIpc) is 2.64. The van der Waals surface area contributed by atoms with Crippen LogP contribution in [-0.4, -0.2) is 36.3 Å². The molecule has 0 aromatic rings. The third kappa shape index (κ3) is 1.91. The highest BCUT2D eigenvalue weighted by Gasteiger charge is 2.45. The van der Waals surface area contributed by atoms with Crippen molar-refractivity contribution < 1.29 is 0 Å². The van der Waals surface area contributed by atoms with E-state index in [0.29, 0.717) is 0 Å². The summed E-state index contributed by atoms with van der Waals surface area (Å²) in [6.45, 7) is 3.97. The Morgan fingerprint density at radius 3 is 2.85 bits per heavy atom. The van der Waals surface area contributed by atoms with Crippen LogP contribution in [0.15, 0.2) is 16.8 Å². The van der Waals surface area contributed by atoms with Crippen molar-refractivity contribution in [2.24, 2.45) is 10.7 Å². The molecule has 3 nitrogen and oxygen atoms in total. The summed E-state index contributed by atoms with van der Waals surface area (Å²) < 4.78 is 0. The van der Waals surface area contributed by atoms with Crippen LogP contribution in [0.5, 0.6) is 0 Å². The molecule has 1 aliphatic heterocycles. The molecule has 1 fully saturated rings. The number of aliphatic imine (C=N–C) groups is 1. The molecule has 1 saturated carbocycles. The van der Waals surface area contributed by atoms with Gasteiger partial charge in [0.1, 0.15) is 0 Å². The van der Waals surface area contributed by atoms with E-state index in [1.807, 2.05) is 13.0 Å². The monoisotopic (exact) mass is 179 g/mol. The number of hydrogen-bond donors (Lipinski definition) is 1. The van der Waals surface area contributed by atoms with Gasteiger partial charge in [0.05, 0.1) is 11.3 Å². The third-order valence-corrected chi connectivity index (χ3v) is 2.60. The smallest absolute Gasteiger partial charge is 0.0740 e. The van der Waals surface area contributed by atoms with Gasteiger partial charge in [0.15, 0.2) is 0 Å². The number of nitrogens with zero attached hydrogens (tertiary/aromatic N) is 2. The van der Waals surface area contributed by atoms with Crippen LogP contribution in [0, 0.1) is 0 Å². The molecule has 1 aliphatic carbocycles. The summed E-state index contributed by atoms with van der Waals surface area (Å²) in [5, 5.41) is 0. The van der Waals surface area contributed by atoms with Crippen molar-refractivity contribution in [1.82, 2.24) is 4.90 Å². The first-order chi connectivity index (χ1) is 6.10. The van der Waals surface area contributed by atoms with E-state index in [0.717, 1.165) is 24.5 Å². The maximum atomic E-state index is 5.64. The Morgan fingerprint density at radius 1 is 1.62 bits per heavy atom. The second-order valence-corrected chi connectivity index (χ2v) is 4.39. The molecule has 2 aliphatic rings. The Bertz CT molecular complexity index is 270. The topological polar surface area (TPSA) is 41.6 Å². The first kappa shape index (κ1) is 8.75. The average molecular weight is 179 g/mol. The molecule has 13 heavy (non-hydrogen) atoms. The Kier molecular flexibility index (Phi) is 1.91. The summed E-state index contributed by atoms with van der Waals surface area (Å²) in [6, 6.07) is 0. The first-order valence-corrected chi connectivity index (χ1v) is 4.81. The number of nitrogens with two attached hydrogens (primary N) is 1. The second kappa shape index (κ2) is 2.84. The van der Waals surface area contributed by atoms with Gasteiger partial charge < -0.3 is 5.73 Å². The van der Waals surface area contributed by atoms with Crippen molar-refractivity contribution in [3.8, 4) is 0 Å². The van der Waals surface area contributed by atoms with Gasteiger partial charge in [-0.3, -0.25) is 9.89 Å². The van der Waals surface area contributed by atoms with Gasteiger partial charge in [-0.05, 0) is 32.9 Å². The minimum atomic E-state index is 0.272. The van der Waals surface area contributed by atoms with Crippen LogP contribution >= 0.6 is 0 Å². The van der Waals surface area contributed by atoms with Gasteiger partial charge in [0.25, 0.3) is 0 Å².